The number of amides is 1. The van der Waals surface area contributed by atoms with Crippen LogP contribution in [0.5, 0.6) is 0 Å². The summed E-state index contributed by atoms with van der Waals surface area (Å²) in [4.78, 5) is 11.5. The molecule has 1 heterocycles. The van der Waals surface area contributed by atoms with Crippen LogP contribution in [0.3, 0.4) is 0 Å². The molecule has 4 heteroatoms. The molecule has 0 spiro atoms. The van der Waals surface area contributed by atoms with Crippen molar-refractivity contribution in [3.05, 3.63) is 78.1 Å². The van der Waals surface area contributed by atoms with Gasteiger partial charge in [0.25, 0.3) is 0 Å². The minimum Gasteiger partial charge on any atom is -0.352 e. The van der Waals surface area contributed by atoms with E-state index in [-0.39, 0.29) is 5.91 Å². The summed E-state index contributed by atoms with van der Waals surface area (Å²) in [6.45, 7) is 3.14. The van der Waals surface area contributed by atoms with Gasteiger partial charge in [0.2, 0.25) is 5.91 Å². The lowest BCUT2D eigenvalue weighted by molar-refractivity contribution is -0.120. The Labute approximate surface area is 142 Å². The Morgan fingerprint density at radius 2 is 1.83 bits per heavy atom. The lowest BCUT2D eigenvalue weighted by Gasteiger charge is -2.09. The topological polar surface area (TPSA) is 46.9 Å². The van der Waals surface area contributed by atoms with Crippen molar-refractivity contribution >= 4 is 5.91 Å². The minimum absolute atomic E-state index is 0.0598. The molecule has 0 unspecified atom stereocenters. The van der Waals surface area contributed by atoms with Gasteiger partial charge in [-0.1, -0.05) is 61.5 Å². The van der Waals surface area contributed by atoms with E-state index in [4.69, 9.17) is 0 Å². The number of nitrogens with one attached hydrogen (secondary N) is 1. The summed E-state index contributed by atoms with van der Waals surface area (Å²) in [5, 5.41) is 7.41. The molecule has 0 fully saturated rings. The minimum atomic E-state index is 0.0598. The van der Waals surface area contributed by atoms with Gasteiger partial charge in [-0.3, -0.25) is 9.48 Å². The van der Waals surface area contributed by atoms with Crippen LogP contribution in [0.25, 0.3) is 11.1 Å². The summed E-state index contributed by atoms with van der Waals surface area (Å²) >= 11 is 0. The molecule has 4 nitrogen and oxygen atoms in total. The van der Waals surface area contributed by atoms with Crippen LogP contribution in [0.2, 0.25) is 0 Å². The second-order valence-corrected chi connectivity index (χ2v) is 5.70. The van der Waals surface area contributed by atoms with Gasteiger partial charge in [0.15, 0.2) is 0 Å². The van der Waals surface area contributed by atoms with Crippen molar-refractivity contribution in [2.45, 2.75) is 26.4 Å². The molecule has 0 aliphatic rings. The fourth-order valence-corrected chi connectivity index (χ4v) is 2.63. The van der Waals surface area contributed by atoms with E-state index in [1.165, 1.54) is 5.56 Å². The Morgan fingerprint density at radius 1 is 1.08 bits per heavy atom. The van der Waals surface area contributed by atoms with Gasteiger partial charge in [-0.05, 0) is 16.7 Å². The summed E-state index contributed by atoms with van der Waals surface area (Å²) in [5.74, 6) is 0.0598. The molecule has 0 atom stereocenters. The third-order valence-corrected chi connectivity index (χ3v) is 3.95. The van der Waals surface area contributed by atoms with Crippen molar-refractivity contribution in [1.29, 1.82) is 0 Å². The van der Waals surface area contributed by atoms with E-state index in [2.05, 4.69) is 28.6 Å². The summed E-state index contributed by atoms with van der Waals surface area (Å²) in [5.41, 5.74) is 4.48. The van der Waals surface area contributed by atoms with Crippen molar-refractivity contribution in [2.75, 3.05) is 0 Å². The molecule has 0 aliphatic heterocycles. The maximum atomic E-state index is 11.5. The first kappa shape index (κ1) is 16.0. The van der Waals surface area contributed by atoms with Crippen molar-refractivity contribution < 1.29 is 4.79 Å². The normalized spacial score (nSPS) is 10.5. The molecule has 0 radical (unpaired) electrons. The number of hydrogen-bond donors (Lipinski definition) is 1. The van der Waals surface area contributed by atoms with Gasteiger partial charge in [-0.15, -0.1) is 0 Å². The molecule has 1 N–H and O–H groups in total. The smallest absolute Gasteiger partial charge is 0.219 e. The highest BCUT2D eigenvalue weighted by Crippen LogP contribution is 2.23. The summed E-state index contributed by atoms with van der Waals surface area (Å²) in [7, 11) is 0. The molecule has 3 rings (SSSR count). The van der Waals surface area contributed by atoms with Gasteiger partial charge >= 0.3 is 0 Å². The fourth-order valence-electron chi connectivity index (χ4n) is 2.63. The summed E-state index contributed by atoms with van der Waals surface area (Å²) in [6, 6.07) is 18.4. The number of hydrogen-bond acceptors (Lipinski definition) is 2. The predicted molar refractivity (Wildman–Crippen MR) is 95.3 cm³/mol. The van der Waals surface area contributed by atoms with Crippen molar-refractivity contribution in [2.24, 2.45) is 0 Å². The molecule has 2 aromatic carbocycles. The monoisotopic (exact) mass is 319 g/mol. The highest BCUT2D eigenvalue weighted by Gasteiger charge is 2.08. The second kappa shape index (κ2) is 7.59. The third-order valence-electron chi connectivity index (χ3n) is 3.95. The zero-order chi connectivity index (χ0) is 16.8. The second-order valence-electron chi connectivity index (χ2n) is 5.70. The van der Waals surface area contributed by atoms with Crippen LogP contribution in [-0.4, -0.2) is 15.7 Å². The Kier molecular flexibility index (Phi) is 5.06. The molecule has 122 valence electrons. The largest absolute Gasteiger partial charge is 0.352 e. The van der Waals surface area contributed by atoms with E-state index in [0.29, 0.717) is 13.0 Å². The Bertz CT molecular complexity index is 809. The first-order valence-electron chi connectivity index (χ1n) is 8.17. The number of carbonyl (C=O) groups is 1. The molecular weight excluding hydrogens is 298 g/mol. The first-order chi connectivity index (χ1) is 11.8. The first-order valence-corrected chi connectivity index (χ1v) is 8.17. The van der Waals surface area contributed by atoms with Gasteiger partial charge in [-0.2, -0.15) is 5.10 Å². The van der Waals surface area contributed by atoms with Crippen LogP contribution >= 0.6 is 0 Å². The number of carbonyl (C=O) groups excluding carboxylic acids is 1. The van der Waals surface area contributed by atoms with E-state index >= 15 is 0 Å². The average molecular weight is 319 g/mol. The SMILES string of the molecule is CCC(=O)NCc1ccccc1-c1cnn(Cc2ccccc2)c1. The molecule has 1 amide bonds. The molecule has 24 heavy (non-hydrogen) atoms. The zero-order valence-electron chi connectivity index (χ0n) is 13.8. The molecule has 0 bridgehead atoms. The lowest BCUT2D eigenvalue weighted by Crippen LogP contribution is -2.21. The molecule has 1 aromatic heterocycles. The predicted octanol–water partition coefficient (Wildman–Crippen LogP) is 3.62. The van der Waals surface area contributed by atoms with Crippen LogP contribution < -0.4 is 5.32 Å². The number of nitrogens with zero attached hydrogens (tertiary/aromatic N) is 2. The van der Waals surface area contributed by atoms with Gasteiger partial charge < -0.3 is 5.32 Å². The molecule has 0 saturated carbocycles. The molecule has 0 aliphatic carbocycles. The Morgan fingerprint density at radius 3 is 2.62 bits per heavy atom. The van der Waals surface area contributed by atoms with E-state index in [1.54, 1.807) is 0 Å². The van der Waals surface area contributed by atoms with Crippen molar-refractivity contribution in [3.8, 4) is 11.1 Å². The Balaban J connectivity index is 1.78. The number of aromatic nitrogens is 2. The third kappa shape index (κ3) is 3.90. The Hall–Kier alpha value is -2.88. The van der Waals surface area contributed by atoms with E-state index in [9.17, 15) is 4.79 Å². The zero-order valence-corrected chi connectivity index (χ0v) is 13.8. The van der Waals surface area contributed by atoms with Gasteiger partial charge in [-0.25, -0.2) is 0 Å². The highest BCUT2D eigenvalue weighted by molar-refractivity contribution is 5.76. The van der Waals surface area contributed by atoms with E-state index in [1.807, 2.05) is 60.4 Å². The average Bonchev–Trinajstić information content (AvgIpc) is 3.09. The number of rotatable bonds is 6. The van der Waals surface area contributed by atoms with E-state index in [0.717, 1.165) is 23.2 Å². The van der Waals surface area contributed by atoms with Gasteiger partial charge in [0.05, 0.1) is 12.7 Å². The quantitative estimate of drug-likeness (QED) is 0.754. The summed E-state index contributed by atoms with van der Waals surface area (Å²) < 4.78 is 1.94. The fraction of sp³-hybridized carbons (Fsp3) is 0.200. The molecule has 0 saturated heterocycles. The summed E-state index contributed by atoms with van der Waals surface area (Å²) in [6.07, 6.45) is 4.42. The van der Waals surface area contributed by atoms with Gasteiger partial charge in [0, 0.05) is 24.7 Å². The molecular formula is C20H21N3O. The van der Waals surface area contributed by atoms with Crippen molar-refractivity contribution in [3.63, 3.8) is 0 Å². The number of benzene rings is 2. The van der Waals surface area contributed by atoms with Crippen LogP contribution in [0.1, 0.15) is 24.5 Å². The molecule has 3 aromatic rings. The van der Waals surface area contributed by atoms with Crippen LogP contribution in [-0.2, 0) is 17.9 Å². The van der Waals surface area contributed by atoms with Crippen molar-refractivity contribution in [1.82, 2.24) is 15.1 Å². The maximum Gasteiger partial charge on any atom is 0.219 e. The van der Waals surface area contributed by atoms with Crippen LogP contribution in [0, 0.1) is 0 Å². The van der Waals surface area contributed by atoms with E-state index < -0.39 is 0 Å². The highest BCUT2D eigenvalue weighted by atomic mass is 16.1. The maximum absolute atomic E-state index is 11.5. The lowest BCUT2D eigenvalue weighted by atomic mass is 10.0. The van der Waals surface area contributed by atoms with Crippen LogP contribution in [0.4, 0.5) is 0 Å². The standard InChI is InChI=1S/C20H21N3O/c1-2-20(24)21-12-17-10-6-7-11-19(17)18-13-22-23(15-18)14-16-8-4-3-5-9-16/h3-11,13,15H,2,12,14H2,1H3,(H,21,24). The van der Waals surface area contributed by atoms with Crippen LogP contribution in [0.15, 0.2) is 67.0 Å². The van der Waals surface area contributed by atoms with Gasteiger partial charge in [0.1, 0.15) is 0 Å².